The second kappa shape index (κ2) is 6.67. The van der Waals surface area contributed by atoms with Crippen LogP contribution in [0.3, 0.4) is 0 Å². The fourth-order valence-corrected chi connectivity index (χ4v) is 3.18. The topological polar surface area (TPSA) is 114 Å². The van der Waals surface area contributed by atoms with E-state index >= 15 is 0 Å². The Balaban J connectivity index is 1.82. The van der Waals surface area contributed by atoms with Gasteiger partial charge in [-0.25, -0.2) is 9.97 Å². The van der Waals surface area contributed by atoms with Crippen LogP contribution < -0.4 is 10.9 Å². The number of amides is 1. The van der Waals surface area contributed by atoms with Crippen molar-refractivity contribution in [2.75, 3.05) is 5.32 Å². The number of carbonyl (C=O) groups is 1. The highest BCUT2D eigenvalue weighted by Gasteiger charge is 2.18. The fraction of sp³-hybridized carbons (Fsp3) is 0.312. The summed E-state index contributed by atoms with van der Waals surface area (Å²) in [7, 11) is 0. The summed E-state index contributed by atoms with van der Waals surface area (Å²) in [6.45, 7) is 7.14. The van der Waals surface area contributed by atoms with E-state index in [1.54, 1.807) is 19.9 Å². The summed E-state index contributed by atoms with van der Waals surface area (Å²) in [5.41, 5.74) is 1.71. The SMILES string of the molecule is Cc1cc(C)c2c(=O)[nH]c(S[C@H](C)C(=O)Nc3cc(C)on3)nc2n1. The molecule has 0 saturated heterocycles. The third-order valence-corrected chi connectivity index (χ3v) is 4.50. The van der Waals surface area contributed by atoms with E-state index in [1.165, 1.54) is 0 Å². The van der Waals surface area contributed by atoms with Crippen molar-refractivity contribution >= 4 is 34.5 Å². The second-order valence-electron chi connectivity index (χ2n) is 5.72. The standard InChI is InChI=1S/C16H17N5O3S/c1-7-5-8(2)17-13-12(7)15(23)20-16(19-13)25-10(4)14(22)18-11-6-9(3)24-21-11/h5-6,10H,1-4H3,(H,18,21,22)(H,17,19,20,23)/t10-/m1/s1. The molecule has 0 saturated carbocycles. The maximum atomic E-state index is 12.3. The largest absolute Gasteiger partial charge is 0.360 e. The Morgan fingerprint density at radius 3 is 2.72 bits per heavy atom. The number of aromatic amines is 1. The highest BCUT2D eigenvalue weighted by Crippen LogP contribution is 2.22. The number of nitrogens with zero attached hydrogens (tertiary/aromatic N) is 3. The van der Waals surface area contributed by atoms with Crippen molar-refractivity contribution in [2.45, 2.75) is 38.1 Å². The number of H-pyrrole nitrogens is 1. The zero-order valence-corrected chi connectivity index (χ0v) is 15.0. The van der Waals surface area contributed by atoms with Crippen LogP contribution in [0.2, 0.25) is 0 Å². The van der Waals surface area contributed by atoms with Gasteiger partial charge >= 0.3 is 0 Å². The molecule has 3 aromatic rings. The van der Waals surface area contributed by atoms with Crippen molar-refractivity contribution in [3.8, 4) is 0 Å². The average molecular weight is 359 g/mol. The number of thioether (sulfide) groups is 1. The summed E-state index contributed by atoms with van der Waals surface area (Å²) < 4.78 is 4.91. The van der Waals surface area contributed by atoms with Crippen LogP contribution in [0.1, 0.15) is 23.9 Å². The van der Waals surface area contributed by atoms with Crippen LogP contribution in [0.15, 0.2) is 26.6 Å². The smallest absolute Gasteiger partial charge is 0.261 e. The number of fused-ring (bicyclic) bond motifs is 1. The highest BCUT2D eigenvalue weighted by molar-refractivity contribution is 8.00. The van der Waals surface area contributed by atoms with E-state index in [4.69, 9.17) is 4.52 Å². The molecule has 3 aromatic heterocycles. The number of hydrogen-bond acceptors (Lipinski definition) is 7. The van der Waals surface area contributed by atoms with Crippen LogP contribution >= 0.6 is 11.8 Å². The molecule has 2 N–H and O–H groups in total. The van der Waals surface area contributed by atoms with Gasteiger partial charge in [-0.05, 0) is 39.3 Å². The van der Waals surface area contributed by atoms with Crippen molar-refractivity contribution in [1.29, 1.82) is 0 Å². The number of aromatic nitrogens is 4. The first-order valence-electron chi connectivity index (χ1n) is 7.62. The van der Waals surface area contributed by atoms with Gasteiger partial charge in [0.05, 0.1) is 10.6 Å². The molecular weight excluding hydrogens is 342 g/mol. The highest BCUT2D eigenvalue weighted by atomic mass is 32.2. The minimum absolute atomic E-state index is 0.266. The number of carbonyl (C=O) groups excluding carboxylic acids is 1. The third kappa shape index (κ3) is 3.71. The number of hydrogen-bond donors (Lipinski definition) is 2. The van der Waals surface area contributed by atoms with Gasteiger partial charge in [0.25, 0.3) is 5.56 Å². The Morgan fingerprint density at radius 2 is 2.04 bits per heavy atom. The number of anilines is 1. The Morgan fingerprint density at radius 1 is 1.28 bits per heavy atom. The van der Waals surface area contributed by atoms with E-state index in [2.05, 4.69) is 25.4 Å². The number of rotatable bonds is 4. The van der Waals surface area contributed by atoms with E-state index in [0.29, 0.717) is 27.8 Å². The molecule has 0 aliphatic rings. The van der Waals surface area contributed by atoms with Gasteiger partial charge in [0.15, 0.2) is 16.6 Å². The van der Waals surface area contributed by atoms with Crippen LogP contribution in [0.5, 0.6) is 0 Å². The van der Waals surface area contributed by atoms with Gasteiger partial charge in [0, 0.05) is 11.8 Å². The van der Waals surface area contributed by atoms with Crippen molar-refractivity contribution in [1.82, 2.24) is 20.1 Å². The summed E-state index contributed by atoms with van der Waals surface area (Å²) in [6, 6.07) is 3.46. The van der Waals surface area contributed by atoms with Gasteiger partial charge in [-0.2, -0.15) is 0 Å². The summed E-state index contributed by atoms with van der Waals surface area (Å²) in [4.78, 5) is 35.9. The van der Waals surface area contributed by atoms with Gasteiger partial charge in [-0.1, -0.05) is 16.9 Å². The molecule has 1 atom stereocenters. The van der Waals surface area contributed by atoms with Crippen LogP contribution in [-0.2, 0) is 4.79 Å². The lowest BCUT2D eigenvalue weighted by Crippen LogP contribution is -2.23. The lowest BCUT2D eigenvalue weighted by Gasteiger charge is -2.10. The maximum absolute atomic E-state index is 12.3. The lowest BCUT2D eigenvalue weighted by molar-refractivity contribution is -0.115. The molecule has 25 heavy (non-hydrogen) atoms. The zero-order chi connectivity index (χ0) is 18.1. The molecule has 0 aromatic carbocycles. The quantitative estimate of drug-likeness (QED) is 0.543. The van der Waals surface area contributed by atoms with Crippen LogP contribution in [0, 0.1) is 20.8 Å². The molecule has 0 radical (unpaired) electrons. The Hall–Kier alpha value is -2.68. The summed E-state index contributed by atoms with van der Waals surface area (Å²) in [5, 5.41) is 6.68. The van der Waals surface area contributed by atoms with Gasteiger partial charge < -0.3 is 14.8 Å². The lowest BCUT2D eigenvalue weighted by atomic mass is 10.2. The van der Waals surface area contributed by atoms with E-state index in [9.17, 15) is 9.59 Å². The minimum Gasteiger partial charge on any atom is -0.360 e. The van der Waals surface area contributed by atoms with Crippen molar-refractivity contribution in [3.05, 3.63) is 39.5 Å². The molecule has 130 valence electrons. The molecule has 3 rings (SSSR count). The van der Waals surface area contributed by atoms with Crippen LogP contribution in [0.4, 0.5) is 5.82 Å². The average Bonchev–Trinajstić information content (AvgIpc) is 2.90. The molecule has 0 unspecified atom stereocenters. The molecule has 0 bridgehead atoms. The second-order valence-corrected chi connectivity index (χ2v) is 7.05. The van der Waals surface area contributed by atoms with Crippen LogP contribution in [0.25, 0.3) is 11.0 Å². The molecule has 0 aliphatic carbocycles. The first kappa shape index (κ1) is 17.2. The Bertz CT molecular complexity index is 1010. The summed E-state index contributed by atoms with van der Waals surface area (Å²) in [5.74, 6) is 0.685. The first-order valence-corrected chi connectivity index (χ1v) is 8.50. The van der Waals surface area contributed by atoms with Gasteiger partial charge in [0.1, 0.15) is 5.76 Å². The first-order chi connectivity index (χ1) is 11.8. The van der Waals surface area contributed by atoms with Crippen LogP contribution in [-0.4, -0.2) is 31.3 Å². The molecule has 0 fully saturated rings. The van der Waals surface area contributed by atoms with Gasteiger partial charge in [0.2, 0.25) is 5.91 Å². The summed E-state index contributed by atoms with van der Waals surface area (Å²) >= 11 is 1.14. The molecule has 1 amide bonds. The minimum atomic E-state index is -0.497. The summed E-state index contributed by atoms with van der Waals surface area (Å²) in [6.07, 6.45) is 0. The van der Waals surface area contributed by atoms with Gasteiger partial charge in [-0.3, -0.25) is 9.59 Å². The third-order valence-electron chi connectivity index (χ3n) is 3.52. The van der Waals surface area contributed by atoms with Gasteiger partial charge in [-0.15, -0.1) is 0 Å². The predicted molar refractivity (Wildman–Crippen MR) is 94.8 cm³/mol. The normalized spacial score (nSPS) is 12.3. The van der Waals surface area contributed by atoms with E-state index in [1.807, 2.05) is 19.9 Å². The number of pyridine rings is 1. The molecule has 3 heterocycles. The van der Waals surface area contributed by atoms with E-state index in [0.717, 1.165) is 23.0 Å². The molecular formula is C16H17N5O3S. The van der Waals surface area contributed by atoms with Crippen molar-refractivity contribution < 1.29 is 9.32 Å². The van der Waals surface area contributed by atoms with Crippen molar-refractivity contribution in [2.24, 2.45) is 0 Å². The zero-order valence-electron chi connectivity index (χ0n) is 14.2. The fourth-order valence-electron chi connectivity index (χ4n) is 2.39. The Kier molecular flexibility index (Phi) is 4.58. The predicted octanol–water partition coefficient (Wildman–Crippen LogP) is 2.35. The molecule has 0 aliphatic heterocycles. The molecule has 9 heteroatoms. The monoisotopic (exact) mass is 359 g/mol. The molecule has 8 nitrogen and oxygen atoms in total. The molecule has 0 spiro atoms. The van der Waals surface area contributed by atoms with E-state index < -0.39 is 5.25 Å². The van der Waals surface area contributed by atoms with E-state index in [-0.39, 0.29) is 11.5 Å². The number of nitrogens with one attached hydrogen (secondary N) is 2. The van der Waals surface area contributed by atoms with Crippen molar-refractivity contribution in [3.63, 3.8) is 0 Å². The number of aryl methyl sites for hydroxylation is 3. The Labute approximate surface area is 147 Å². The maximum Gasteiger partial charge on any atom is 0.261 e.